The van der Waals surface area contributed by atoms with Crippen molar-refractivity contribution in [1.29, 1.82) is 0 Å². The van der Waals surface area contributed by atoms with Gasteiger partial charge in [0.15, 0.2) is 11.6 Å². The number of phenolic OH excluding ortho intramolecular Hbond substituents is 1. The van der Waals surface area contributed by atoms with Gasteiger partial charge in [0.1, 0.15) is 0 Å². The van der Waals surface area contributed by atoms with E-state index >= 15 is 0 Å². The molecule has 0 spiro atoms. The molecular weight excluding hydrogens is 223 g/mol. The van der Waals surface area contributed by atoms with Crippen molar-refractivity contribution in [2.45, 2.75) is 26.3 Å². The summed E-state index contributed by atoms with van der Waals surface area (Å²) in [4.78, 5) is 11.7. The fourth-order valence-corrected chi connectivity index (χ4v) is 1.32. The minimum atomic E-state index is -0.778. The zero-order chi connectivity index (χ0) is 13.0. The smallest absolute Gasteiger partial charge is 0.241 e. The van der Waals surface area contributed by atoms with Gasteiger partial charge in [-0.1, -0.05) is 20.3 Å². The third-order valence-electron chi connectivity index (χ3n) is 2.77. The number of carbonyl (C=O) groups is 1. The van der Waals surface area contributed by atoms with Gasteiger partial charge in [-0.15, -0.1) is 0 Å². The van der Waals surface area contributed by atoms with Crippen molar-refractivity contribution in [1.82, 2.24) is 0 Å². The first-order valence-electron chi connectivity index (χ1n) is 5.50. The number of aromatic hydroxyl groups is 1. The van der Waals surface area contributed by atoms with Crippen molar-refractivity contribution in [3.8, 4) is 5.75 Å². The Morgan fingerprint density at radius 2 is 2.24 bits per heavy atom. The van der Waals surface area contributed by atoms with E-state index in [1.54, 1.807) is 0 Å². The predicted octanol–water partition coefficient (Wildman–Crippen LogP) is 1.84. The quantitative estimate of drug-likeness (QED) is 0.703. The standard InChI is InChI=1S/C12H17FN2O2/c1-3-7(2)11(14)12(17)15-8-4-5-10(16)9(13)6-8/h4-7,11,16H,3,14H2,1-2H3,(H,15,17). The fourth-order valence-electron chi connectivity index (χ4n) is 1.32. The number of amides is 1. The first kappa shape index (κ1) is 13.4. The summed E-state index contributed by atoms with van der Waals surface area (Å²) < 4.78 is 13.0. The number of benzene rings is 1. The molecule has 1 aromatic carbocycles. The molecule has 94 valence electrons. The number of hydrogen-bond donors (Lipinski definition) is 3. The molecule has 1 amide bonds. The lowest BCUT2D eigenvalue weighted by atomic mass is 9.99. The van der Waals surface area contributed by atoms with Gasteiger partial charge in [0, 0.05) is 11.8 Å². The number of rotatable bonds is 4. The summed E-state index contributed by atoms with van der Waals surface area (Å²) in [5.74, 6) is -1.53. The zero-order valence-electron chi connectivity index (χ0n) is 9.90. The third kappa shape index (κ3) is 3.42. The van der Waals surface area contributed by atoms with Crippen molar-refractivity contribution in [3.63, 3.8) is 0 Å². The first-order valence-corrected chi connectivity index (χ1v) is 5.50. The highest BCUT2D eigenvalue weighted by Gasteiger charge is 2.19. The summed E-state index contributed by atoms with van der Waals surface area (Å²) in [5, 5.41) is 11.5. The summed E-state index contributed by atoms with van der Waals surface area (Å²) in [6.07, 6.45) is 0.790. The maximum absolute atomic E-state index is 13.0. The van der Waals surface area contributed by atoms with Crippen LogP contribution in [0.25, 0.3) is 0 Å². The van der Waals surface area contributed by atoms with Crippen molar-refractivity contribution >= 4 is 11.6 Å². The second-order valence-corrected chi connectivity index (χ2v) is 4.07. The summed E-state index contributed by atoms with van der Waals surface area (Å²) >= 11 is 0. The van der Waals surface area contributed by atoms with Crippen LogP contribution in [0.4, 0.5) is 10.1 Å². The minimum absolute atomic E-state index is 0.0527. The molecule has 0 bridgehead atoms. The van der Waals surface area contributed by atoms with Crippen LogP contribution in [-0.4, -0.2) is 17.1 Å². The van der Waals surface area contributed by atoms with E-state index < -0.39 is 17.6 Å². The van der Waals surface area contributed by atoms with Crippen LogP contribution >= 0.6 is 0 Å². The van der Waals surface area contributed by atoms with E-state index in [-0.39, 0.29) is 17.5 Å². The Labute approximate surface area is 99.6 Å². The summed E-state index contributed by atoms with van der Waals surface area (Å²) in [5.41, 5.74) is 6.01. The number of anilines is 1. The largest absolute Gasteiger partial charge is 0.505 e. The predicted molar refractivity (Wildman–Crippen MR) is 64.1 cm³/mol. The normalized spacial score (nSPS) is 14.1. The number of carbonyl (C=O) groups excluding carboxylic acids is 1. The van der Waals surface area contributed by atoms with Crippen LogP contribution in [-0.2, 0) is 4.79 Å². The van der Waals surface area contributed by atoms with Gasteiger partial charge in [-0.05, 0) is 18.1 Å². The van der Waals surface area contributed by atoms with E-state index in [0.29, 0.717) is 0 Å². The lowest BCUT2D eigenvalue weighted by Gasteiger charge is -2.17. The average Bonchev–Trinajstić information content (AvgIpc) is 2.31. The highest BCUT2D eigenvalue weighted by atomic mass is 19.1. The van der Waals surface area contributed by atoms with Gasteiger partial charge >= 0.3 is 0 Å². The second-order valence-electron chi connectivity index (χ2n) is 4.07. The van der Waals surface area contributed by atoms with Crippen LogP contribution in [0.5, 0.6) is 5.75 Å². The van der Waals surface area contributed by atoms with E-state index in [1.807, 2.05) is 13.8 Å². The van der Waals surface area contributed by atoms with Crippen molar-refractivity contribution in [2.24, 2.45) is 11.7 Å². The summed E-state index contributed by atoms with van der Waals surface area (Å²) in [7, 11) is 0. The van der Waals surface area contributed by atoms with Crippen LogP contribution < -0.4 is 11.1 Å². The Morgan fingerprint density at radius 1 is 1.59 bits per heavy atom. The van der Waals surface area contributed by atoms with Crippen LogP contribution in [0.2, 0.25) is 0 Å². The topological polar surface area (TPSA) is 75.4 Å². The molecule has 0 aliphatic heterocycles. The molecule has 2 unspecified atom stereocenters. The molecule has 4 N–H and O–H groups in total. The fraction of sp³-hybridized carbons (Fsp3) is 0.417. The monoisotopic (exact) mass is 240 g/mol. The highest BCUT2D eigenvalue weighted by Crippen LogP contribution is 2.19. The van der Waals surface area contributed by atoms with Crippen molar-refractivity contribution < 1.29 is 14.3 Å². The Balaban J connectivity index is 2.71. The highest BCUT2D eigenvalue weighted by molar-refractivity contribution is 5.94. The molecule has 0 fully saturated rings. The van der Waals surface area contributed by atoms with Crippen LogP contribution in [0.3, 0.4) is 0 Å². The van der Waals surface area contributed by atoms with Gasteiger partial charge in [0.2, 0.25) is 5.91 Å². The molecule has 0 radical (unpaired) electrons. The Hall–Kier alpha value is -1.62. The van der Waals surface area contributed by atoms with E-state index in [4.69, 9.17) is 10.8 Å². The minimum Gasteiger partial charge on any atom is -0.505 e. The molecule has 0 heterocycles. The SMILES string of the molecule is CCC(C)C(N)C(=O)Nc1ccc(O)c(F)c1. The Kier molecular flexibility index (Phi) is 4.45. The lowest BCUT2D eigenvalue weighted by molar-refractivity contribution is -0.118. The van der Waals surface area contributed by atoms with Crippen LogP contribution in [0.15, 0.2) is 18.2 Å². The van der Waals surface area contributed by atoms with Crippen molar-refractivity contribution in [3.05, 3.63) is 24.0 Å². The summed E-state index contributed by atoms with van der Waals surface area (Å²) in [6.45, 7) is 3.82. The van der Waals surface area contributed by atoms with Gasteiger partial charge < -0.3 is 16.2 Å². The van der Waals surface area contributed by atoms with Crippen molar-refractivity contribution in [2.75, 3.05) is 5.32 Å². The maximum atomic E-state index is 13.0. The van der Waals surface area contributed by atoms with E-state index in [9.17, 15) is 9.18 Å². The lowest BCUT2D eigenvalue weighted by Crippen LogP contribution is -2.40. The van der Waals surface area contributed by atoms with Crippen LogP contribution in [0.1, 0.15) is 20.3 Å². The molecule has 5 heteroatoms. The second kappa shape index (κ2) is 5.63. The molecule has 4 nitrogen and oxygen atoms in total. The molecule has 17 heavy (non-hydrogen) atoms. The van der Waals surface area contributed by atoms with Crippen LogP contribution in [0, 0.1) is 11.7 Å². The molecule has 2 atom stereocenters. The third-order valence-corrected chi connectivity index (χ3v) is 2.77. The molecule has 0 saturated heterocycles. The Morgan fingerprint density at radius 3 is 2.76 bits per heavy atom. The molecule has 1 rings (SSSR count). The summed E-state index contributed by atoms with van der Waals surface area (Å²) in [6, 6.07) is 3.02. The number of nitrogens with two attached hydrogens (primary N) is 1. The Bertz CT molecular complexity index is 409. The van der Waals surface area contributed by atoms with E-state index in [0.717, 1.165) is 12.5 Å². The average molecular weight is 240 g/mol. The van der Waals surface area contributed by atoms with Gasteiger partial charge in [0.05, 0.1) is 6.04 Å². The van der Waals surface area contributed by atoms with Gasteiger partial charge in [0.25, 0.3) is 0 Å². The number of nitrogens with one attached hydrogen (secondary N) is 1. The number of hydrogen-bond acceptors (Lipinski definition) is 3. The van der Waals surface area contributed by atoms with E-state index in [1.165, 1.54) is 12.1 Å². The first-order chi connectivity index (χ1) is 7.95. The zero-order valence-corrected chi connectivity index (χ0v) is 9.90. The maximum Gasteiger partial charge on any atom is 0.241 e. The molecule has 1 aromatic rings. The molecule has 0 aliphatic rings. The number of halogens is 1. The molecule has 0 saturated carbocycles. The van der Waals surface area contributed by atoms with Gasteiger partial charge in [-0.25, -0.2) is 4.39 Å². The van der Waals surface area contributed by atoms with Gasteiger partial charge in [-0.2, -0.15) is 0 Å². The molecular formula is C12H17FN2O2. The van der Waals surface area contributed by atoms with Gasteiger partial charge in [-0.3, -0.25) is 4.79 Å². The molecule has 0 aromatic heterocycles. The molecule has 0 aliphatic carbocycles. The number of phenols is 1. The van der Waals surface area contributed by atoms with E-state index in [2.05, 4.69) is 5.32 Å².